The van der Waals surface area contributed by atoms with E-state index in [0.29, 0.717) is 5.82 Å². The normalized spacial score (nSPS) is 15.2. The number of likely N-dealkylation sites (N-methyl/N-ethyl adjacent to an activating group) is 1. The highest BCUT2D eigenvalue weighted by Crippen LogP contribution is 2.25. The second-order valence-electron chi connectivity index (χ2n) is 6.50. The van der Waals surface area contributed by atoms with Gasteiger partial charge < -0.3 is 15.1 Å². The molecule has 1 aliphatic rings. The van der Waals surface area contributed by atoms with Crippen molar-refractivity contribution in [3.05, 3.63) is 54.6 Å². The van der Waals surface area contributed by atoms with Crippen molar-refractivity contribution in [2.75, 3.05) is 38.5 Å². The SMILES string of the molecule is CN1CCN(C(=S)Nc2nc(-c3ccccc3)nc3ccccc23)CC1. The molecule has 0 spiro atoms. The van der Waals surface area contributed by atoms with E-state index < -0.39 is 0 Å². The Hall–Kier alpha value is -2.57. The van der Waals surface area contributed by atoms with Crippen molar-refractivity contribution in [3.8, 4) is 11.4 Å². The van der Waals surface area contributed by atoms with Crippen LogP contribution in [-0.2, 0) is 0 Å². The molecule has 26 heavy (non-hydrogen) atoms. The Morgan fingerprint density at radius 1 is 0.923 bits per heavy atom. The lowest BCUT2D eigenvalue weighted by Gasteiger charge is -2.34. The Labute approximate surface area is 158 Å². The molecule has 0 radical (unpaired) electrons. The van der Waals surface area contributed by atoms with Crippen LogP contribution in [0.25, 0.3) is 22.3 Å². The van der Waals surface area contributed by atoms with Crippen molar-refractivity contribution in [1.29, 1.82) is 0 Å². The molecule has 4 rings (SSSR count). The van der Waals surface area contributed by atoms with Crippen molar-refractivity contribution in [2.24, 2.45) is 0 Å². The minimum Gasteiger partial charge on any atom is -0.346 e. The van der Waals surface area contributed by atoms with E-state index in [1.807, 2.05) is 54.6 Å². The number of hydrogen-bond donors (Lipinski definition) is 1. The maximum absolute atomic E-state index is 5.65. The zero-order valence-electron chi connectivity index (χ0n) is 14.7. The number of para-hydroxylation sites is 1. The van der Waals surface area contributed by atoms with E-state index in [1.54, 1.807) is 0 Å². The maximum Gasteiger partial charge on any atom is 0.174 e. The fraction of sp³-hybridized carbons (Fsp3) is 0.250. The van der Waals surface area contributed by atoms with Gasteiger partial charge in [-0.2, -0.15) is 0 Å². The van der Waals surface area contributed by atoms with Gasteiger partial charge in [0.05, 0.1) is 5.52 Å². The zero-order chi connectivity index (χ0) is 17.9. The predicted molar refractivity (Wildman–Crippen MR) is 110 cm³/mol. The Balaban J connectivity index is 1.68. The van der Waals surface area contributed by atoms with E-state index in [-0.39, 0.29) is 0 Å². The molecule has 0 atom stereocenters. The van der Waals surface area contributed by atoms with Gasteiger partial charge in [0.1, 0.15) is 5.82 Å². The molecule has 0 bridgehead atoms. The number of fused-ring (bicyclic) bond motifs is 1. The maximum atomic E-state index is 5.65. The number of nitrogens with one attached hydrogen (secondary N) is 1. The van der Waals surface area contributed by atoms with Gasteiger partial charge in [-0.3, -0.25) is 0 Å². The molecular weight excluding hydrogens is 342 g/mol. The number of aromatic nitrogens is 2. The first-order chi connectivity index (χ1) is 12.7. The molecule has 1 N–H and O–H groups in total. The average Bonchev–Trinajstić information content (AvgIpc) is 2.69. The molecule has 0 unspecified atom stereocenters. The summed E-state index contributed by atoms with van der Waals surface area (Å²) in [6.07, 6.45) is 0. The van der Waals surface area contributed by atoms with Crippen LogP contribution in [0.2, 0.25) is 0 Å². The van der Waals surface area contributed by atoms with Gasteiger partial charge in [-0.15, -0.1) is 0 Å². The van der Waals surface area contributed by atoms with Crippen LogP contribution in [-0.4, -0.2) is 58.1 Å². The first-order valence-electron chi connectivity index (χ1n) is 8.77. The van der Waals surface area contributed by atoms with E-state index in [1.165, 1.54) is 0 Å². The highest BCUT2D eigenvalue weighted by Gasteiger charge is 2.18. The van der Waals surface area contributed by atoms with Gasteiger partial charge >= 0.3 is 0 Å². The average molecular weight is 363 g/mol. The lowest BCUT2D eigenvalue weighted by molar-refractivity contribution is 0.217. The molecule has 3 aromatic rings. The Kier molecular flexibility index (Phi) is 4.77. The molecule has 5 nitrogen and oxygen atoms in total. The molecule has 0 aliphatic carbocycles. The van der Waals surface area contributed by atoms with E-state index in [4.69, 9.17) is 22.2 Å². The van der Waals surface area contributed by atoms with Crippen LogP contribution in [0.4, 0.5) is 5.82 Å². The van der Waals surface area contributed by atoms with Gasteiger partial charge in [-0.1, -0.05) is 42.5 Å². The molecule has 1 saturated heterocycles. The largest absolute Gasteiger partial charge is 0.346 e. The zero-order valence-corrected chi connectivity index (χ0v) is 15.5. The molecule has 2 aromatic carbocycles. The van der Waals surface area contributed by atoms with E-state index >= 15 is 0 Å². The van der Waals surface area contributed by atoms with E-state index in [2.05, 4.69) is 22.2 Å². The van der Waals surface area contributed by atoms with Crippen molar-refractivity contribution < 1.29 is 0 Å². The lowest BCUT2D eigenvalue weighted by Crippen LogP contribution is -2.48. The molecule has 6 heteroatoms. The molecule has 0 saturated carbocycles. The number of thiocarbonyl (C=S) groups is 1. The molecule has 1 fully saturated rings. The van der Waals surface area contributed by atoms with Crippen molar-refractivity contribution >= 4 is 34.1 Å². The summed E-state index contributed by atoms with van der Waals surface area (Å²) in [6, 6.07) is 18.1. The summed E-state index contributed by atoms with van der Waals surface area (Å²) < 4.78 is 0. The highest BCUT2D eigenvalue weighted by molar-refractivity contribution is 7.80. The third-order valence-corrected chi connectivity index (χ3v) is 5.01. The van der Waals surface area contributed by atoms with Gasteiger partial charge in [-0.25, -0.2) is 9.97 Å². The van der Waals surface area contributed by atoms with Gasteiger partial charge in [0.25, 0.3) is 0 Å². The Morgan fingerprint density at radius 2 is 1.62 bits per heavy atom. The van der Waals surface area contributed by atoms with E-state index in [9.17, 15) is 0 Å². The summed E-state index contributed by atoms with van der Waals surface area (Å²) in [4.78, 5) is 14.0. The fourth-order valence-corrected chi connectivity index (χ4v) is 3.36. The monoisotopic (exact) mass is 363 g/mol. The first-order valence-corrected chi connectivity index (χ1v) is 9.18. The summed E-state index contributed by atoms with van der Waals surface area (Å²) in [7, 11) is 2.14. The highest BCUT2D eigenvalue weighted by atomic mass is 32.1. The molecule has 0 amide bonds. The summed E-state index contributed by atoms with van der Waals surface area (Å²) in [5, 5.41) is 5.07. The topological polar surface area (TPSA) is 44.3 Å². The molecule has 1 aromatic heterocycles. The van der Waals surface area contributed by atoms with Gasteiger partial charge in [0.15, 0.2) is 10.9 Å². The number of anilines is 1. The number of piperazine rings is 1. The van der Waals surface area contributed by atoms with Gasteiger partial charge in [-0.05, 0) is 31.4 Å². The van der Waals surface area contributed by atoms with Gasteiger partial charge in [0.2, 0.25) is 0 Å². The number of hydrogen-bond acceptors (Lipinski definition) is 4. The second-order valence-corrected chi connectivity index (χ2v) is 6.89. The Morgan fingerprint density at radius 3 is 2.38 bits per heavy atom. The molecular formula is C20H21N5S. The summed E-state index contributed by atoms with van der Waals surface area (Å²) in [6.45, 7) is 3.89. The number of nitrogens with zero attached hydrogens (tertiary/aromatic N) is 4. The van der Waals surface area contributed by atoms with Crippen LogP contribution < -0.4 is 5.32 Å². The minimum absolute atomic E-state index is 0.702. The number of benzene rings is 2. The summed E-state index contributed by atoms with van der Waals surface area (Å²) in [5.74, 6) is 1.46. The molecule has 132 valence electrons. The Bertz CT molecular complexity index is 920. The third kappa shape index (κ3) is 3.52. The van der Waals surface area contributed by atoms with E-state index in [0.717, 1.165) is 53.6 Å². The fourth-order valence-electron chi connectivity index (χ4n) is 3.08. The molecule has 2 heterocycles. The van der Waals surface area contributed by atoms with Crippen LogP contribution in [0.5, 0.6) is 0 Å². The quantitative estimate of drug-likeness (QED) is 0.705. The predicted octanol–water partition coefficient (Wildman–Crippen LogP) is 3.24. The third-order valence-electron chi connectivity index (χ3n) is 4.65. The van der Waals surface area contributed by atoms with Crippen LogP contribution in [0.1, 0.15) is 0 Å². The van der Waals surface area contributed by atoms with Gasteiger partial charge in [0, 0.05) is 37.1 Å². The summed E-state index contributed by atoms with van der Waals surface area (Å²) in [5.41, 5.74) is 1.90. The second kappa shape index (κ2) is 7.35. The molecule has 1 aliphatic heterocycles. The first kappa shape index (κ1) is 16.9. The smallest absolute Gasteiger partial charge is 0.174 e. The lowest BCUT2D eigenvalue weighted by atomic mass is 10.2. The van der Waals surface area contributed by atoms with Crippen LogP contribution >= 0.6 is 12.2 Å². The van der Waals surface area contributed by atoms with Crippen LogP contribution in [0, 0.1) is 0 Å². The van der Waals surface area contributed by atoms with Crippen molar-refractivity contribution in [1.82, 2.24) is 19.8 Å². The van der Waals surface area contributed by atoms with Crippen LogP contribution in [0.15, 0.2) is 54.6 Å². The summed E-state index contributed by atoms with van der Waals surface area (Å²) >= 11 is 5.65. The van der Waals surface area contributed by atoms with Crippen molar-refractivity contribution in [3.63, 3.8) is 0 Å². The standard InChI is InChI=1S/C20H21N5S/c1-24-11-13-25(14-12-24)20(26)23-19-16-9-5-6-10-17(16)21-18(22-19)15-7-3-2-4-8-15/h2-10H,11-14H2,1H3,(H,21,22,23,26). The van der Waals surface area contributed by atoms with Crippen LogP contribution in [0.3, 0.4) is 0 Å². The number of rotatable bonds is 2. The minimum atomic E-state index is 0.702. The van der Waals surface area contributed by atoms with Crippen molar-refractivity contribution in [2.45, 2.75) is 0 Å².